The highest BCUT2D eigenvalue weighted by molar-refractivity contribution is 7.89. The van der Waals surface area contributed by atoms with Crippen LogP contribution in [0.15, 0.2) is 65.6 Å². The summed E-state index contributed by atoms with van der Waals surface area (Å²) in [6, 6.07) is 16.4. The number of hydrogen-bond acceptors (Lipinski definition) is 7. The molecule has 0 saturated heterocycles. The predicted molar refractivity (Wildman–Crippen MR) is 127 cm³/mol. The van der Waals surface area contributed by atoms with Crippen LogP contribution in [0.4, 0.5) is 5.82 Å². The molecule has 1 aromatic heterocycles. The third kappa shape index (κ3) is 6.19. The third-order valence-electron chi connectivity index (χ3n) is 5.33. The van der Waals surface area contributed by atoms with Crippen molar-refractivity contribution in [3.05, 3.63) is 71.9 Å². The highest BCUT2D eigenvalue weighted by atomic mass is 32.2. The van der Waals surface area contributed by atoms with Crippen molar-refractivity contribution in [2.75, 3.05) is 18.5 Å². The predicted octanol–water partition coefficient (Wildman–Crippen LogP) is 2.41. The first-order valence-corrected chi connectivity index (χ1v) is 12.4. The Bertz CT molecular complexity index is 1350. The minimum Gasteiger partial charge on any atom is -0.455 e. The summed E-state index contributed by atoms with van der Waals surface area (Å²) in [4.78, 5) is 35.7. The Labute approximate surface area is 202 Å². The molecule has 11 heteroatoms. The molecular weight excluding hydrogens is 472 g/mol. The number of benzene rings is 2. The SMILES string of the molecule is CC(=O)c1ccc(S(=O)(=O)NCC(=O)OCC(=O)Nc2cc(C3CC3)nn2-c2ccccc2)cc1. The topological polar surface area (TPSA) is 136 Å². The van der Waals surface area contributed by atoms with E-state index in [0.717, 1.165) is 24.2 Å². The second kappa shape index (κ2) is 10.2. The number of nitrogens with one attached hydrogen (secondary N) is 2. The first-order valence-electron chi connectivity index (χ1n) is 10.9. The Morgan fingerprint density at radius 3 is 2.37 bits per heavy atom. The minimum atomic E-state index is -3.99. The number of rotatable bonds is 10. The van der Waals surface area contributed by atoms with Gasteiger partial charge in [-0.25, -0.2) is 13.1 Å². The standard InChI is InChI=1S/C24H24N4O6S/c1-16(29)17-9-11-20(12-10-17)35(32,33)25-14-24(31)34-15-23(30)26-22-13-21(18-7-8-18)27-28(22)19-5-3-2-4-6-19/h2-6,9-13,18,25H,7-8,14-15H2,1H3,(H,26,30). The molecule has 0 unspecified atom stereocenters. The lowest BCUT2D eigenvalue weighted by atomic mass is 10.2. The number of sulfonamides is 1. The fourth-order valence-corrected chi connectivity index (χ4v) is 4.28. The number of para-hydroxylation sites is 1. The van der Waals surface area contributed by atoms with E-state index in [2.05, 4.69) is 15.1 Å². The van der Waals surface area contributed by atoms with Gasteiger partial charge in [-0.1, -0.05) is 30.3 Å². The number of ether oxygens (including phenoxy) is 1. The maximum Gasteiger partial charge on any atom is 0.321 e. The van der Waals surface area contributed by atoms with Gasteiger partial charge in [0.1, 0.15) is 12.4 Å². The van der Waals surface area contributed by atoms with Crippen molar-refractivity contribution in [3.8, 4) is 5.69 Å². The van der Waals surface area contributed by atoms with E-state index in [1.165, 1.54) is 31.2 Å². The fraction of sp³-hybridized carbons (Fsp3) is 0.250. The van der Waals surface area contributed by atoms with Gasteiger partial charge in [0.25, 0.3) is 5.91 Å². The molecule has 0 radical (unpaired) electrons. The van der Waals surface area contributed by atoms with Gasteiger partial charge >= 0.3 is 5.97 Å². The third-order valence-corrected chi connectivity index (χ3v) is 6.75. The van der Waals surface area contributed by atoms with E-state index in [9.17, 15) is 22.8 Å². The second-order valence-corrected chi connectivity index (χ2v) is 9.86. The Balaban J connectivity index is 1.31. The molecule has 0 atom stereocenters. The van der Waals surface area contributed by atoms with Gasteiger partial charge in [-0.2, -0.15) is 9.82 Å². The summed E-state index contributed by atoms with van der Waals surface area (Å²) in [6.07, 6.45) is 2.10. The van der Waals surface area contributed by atoms with Gasteiger partial charge in [0.05, 0.1) is 16.3 Å². The maximum atomic E-state index is 12.4. The largest absolute Gasteiger partial charge is 0.455 e. The zero-order chi connectivity index (χ0) is 25.0. The van der Waals surface area contributed by atoms with Crippen LogP contribution in [0.1, 0.15) is 41.7 Å². The normalized spacial score (nSPS) is 13.3. The van der Waals surface area contributed by atoms with E-state index in [1.54, 1.807) is 10.7 Å². The number of carbonyl (C=O) groups is 3. The van der Waals surface area contributed by atoms with Crippen LogP contribution in [0.2, 0.25) is 0 Å². The number of nitrogens with zero attached hydrogens (tertiary/aromatic N) is 2. The average molecular weight is 497 g/mol. The summed E-state index contributed by atoms with van der Waals surface area (Å²) in [5, 5.41) is 7.29. The van der Waals surface area contributed by atoms with Gasteiger partial charge in [0, 0.05) is 17.5 Å². The van der Waals surface area contributed by atoms with E-state index < -0.39 is 35.1 Å². The molecule has 1 aliphatic carbocycles. The smallest absolute Gasteiger partial charge is 0.321 e. The van der Waals surface area contributed by atoms with Crippen molar-refractivity contribution in [2.45, 2.75) is 30.6 Å². The van der Waals surface area contributed by atoms with Crippen LogP contribution in [-0.4, -0.2) is 49.0 Å². The fourth-order valence-electron chi connectivity index (χ4n) is 3.32. The van der Waals surface area contributed by atoms with E-state index in [-0.39, 0.29) is 10.7 Å². The van der Waals surface area contributed by atoms with Crippen molar-refractivity contribution < 1.29 is 27.5 Å². The summed E-state index contributed by atoms with van der Waals surface area (Å²) in [7, 11) is -3.99. The summed E-state index contributed by atoms with van der Waals surface area (Å²) >= 11 is 0. The van der Waals surface area contributed by atoms with Gasteiger partial charge in [-0.05, 0) is 44.0 Å². The Morgan fingerprint density at radius 1 is 1.06 bits per heavy atom. The molecule has 35 heavy (non-hydrogen) atoms. The van der Waals surface area contributed by atoms with Crippen LogP contribution in [0.3, 0.4) is 0 Å². The lowest BCUT2D eigenvalue weighted by molar-refractivity contribution is -0.146. The zero-order valence-electron chi connectivity index (χ0n) is 18.9. The molecule has 4 rings (SSSR count). The summed E-state index contributed by atoms with van der Waals surface area (Å²) in [5.41, 5.74) is 2.02. The minimum absolute atomic E-state index is 0.103. The van der Waals surface area contributed by atoms with Crippen molar-refractivity contribution in [3.63, 3.8) is 0 Å². The number of ketones is 1. The number of esters is 1. The first kappa shape index (κ1) is 24.3. The molecule has 1 heterocycles. The number of anilines is 1. The van der Waals surface area contributed by atoms with Gasteiger partial charge in [0.2, 0.25) is 10.0 Å². The second-order valence-electron chi connectivity index (χ2n) is 8.09. The van der Waals surface area contributed by atoms with Gasteiger partial charge < -0.3 is 10.1 Å². The molecule has 10 nitrogen and oxygen atoms in total. The molecule has 0 bridgehead atoms. The molecule has 3 aromatic rings. The molecule has 182 valence electrons. The molecule has 1 saturated carbocycles. The van der Waals surface area contributed by atoms with E-state index in [1.807, 2.05) is 30.3 Å². The van der Waals surface area contributed by atoms with Crippen LogP contribution < -0.4 is 10.0 Å². The van der Waals surface area contributed by atoms with Crippen LogP contribution in [0, 0.1) is 0 Å². The number of Topliss-reactive ketones (excluding diaryl/α,β-unsaturated/α-hetero) is 1. The average Bonchev–Trinajstić information content (AvgIpc) is 3.62. The van der Waals surface area contributed by atoms with Crippen LogP contribution in [0.25, 0.3) is 5.69 Å². The number of carbonyl (C=O) groups excluding carboxylic acids is 3. The number of hydrogen-bond donors (Lipinski definition) is 2. The zero-order valence-corrected chi connectivity index (χ0v) is 19.7. The van der Waals surface area contributed by atoms with Crippen molar-refractivity contribution >= 4 is 33.5 Å². The van der Waals surface area contributed by atoms with E-state index in [4.69, 9.17) is 4.74 Å². The van der Waals surface area contributed by atoms with Crippen molar-refractivity contribution in [2.24, 2.45) is 0 Å². The Morgan fingerprint density at radius 2 is 1.74 bits per heavy atom. The molecule has 2 aromatic carbocycles. The molecule has 0 spiro atoms. The quantitative estimate of drug-likeness (QED) is 0.325. The molecule has 2 N–H and O–H groups in total. The van der Waals surface area contributed by atoms with Crippen LogP contribution >= 0.6 is 0 Å². The lowest BCUT2D eigenvalue weighted by Gasteiger charge is -2.10. The summed E-state index contributed by atoms with van der Waals surface area (Å²) < 4.78 is 33.3. The van der Waals surface area contributed by atoms with Gasteiger partial charge in [-0.3, -0.25) is 14.4 Å². The molecule has 1 amide bonds. The molecule has 1 aliphatic rings. The maximum absolute atomic E-state index is 12.4. The Hall–Kier alpha value is -3.83. The highest BCUT2D eigenvalue weighted by Crippen LogP contribution is 2.40. The van der Waals surface area contributed by atoms with E-state index >= 15 is 0 Å². The van der Waals surface area contributed by atoms with Gasteiger partial charge in [-0.15, -0.1) is 0 Å². The first-order chi connectivity index (χ1) is 16.7. The monoisotopic (exact) mass is 496 g/mol. The summed E-state index contributed by atoms with van der Waals surface area (Å²) in [5.74, 6) is -0.867. The van der Waals surface area contributed by atoms with Crippen molar-refractivity contribution in [1.82, 2.24) is 14.5 Å². The van der Waals surface area contributed by atoms with Gasteiger partial charge in [0.15, 0.2) is 12.4 Å². The highest BCUT2D eigenvalue weighted by Gasteiger charge is 2.28. The Kier molecular flexibility index (Phi) is 7.08. The number of aromatic nitrogens is 2. The van der Waals surface area contributed by atoms with Crippen molar-refractivity contribution in [1.29, 1.82) is 0 Å². The molecule has 0 aliphatic heterocycles. The summed E-state index contributed by atoms with van der Waals surface area (Å²) in [6.45, 7) is 0.125. The molecule has 1 fully saturated rings. The van der Waals surface area contributed by atoms with Crippen LogP contribution in [-0.2, 0) is 24.3 Å². The number of amides is 1. The lowest BCUT2D eigenvalue weighted by Crippen LogP contribution is -2.32. The van der Waals surface area contributed by atoms with E-state index in [0.29, 0.717) is 17.3 Å². The molecular formula is C24H24N4O6S. The van der Waals surface area contributed by atoms with Crippen LogP contribution in [0.5, 0.6) is 0 Å².